The third-order valence-corrected chi connectivity index (χ3v) is 2.30. The first-order valence-electron chi connectivity index (χ1n) is 5.56. The summed E-state index contributed by atoms with van der Waals surface area (Å²) in [4.78, 5) is 24.7. The van der Waals surface area contributed by atoms with E-state index >= 15 is 0 Å². The molecule has 110 valence electrons. The van der Waals surface area contributed by atoms with Crippen molar-refractivity contribution in [2.75, 3.05) is 13.7 Å². The van der Waals surface area contributed by atoms with E-state index < -0.39 is 35.1 Å². The Balaban J connectivity index is 3.31. The number of nitro groups is 1. The zero-order valence-electron chi connectivity index (χ0n) is 10.8. The molecule has 0 amide bonds. The van der Waals surface area contributed by atoms with Gasteiger partial charge >= 0.3 is 11.8 Å². The van der Waals surface area contributed by atoms with Crippen LogP contribution in [0.2, 0.25) is 0 Å². The number of rotatable bonds is 6. The van der Waals surface area contributed by atoms with Crippen LogP contribution in [-0.4, -0.2) is 29.6 Å². The molecule has 7 nitrogen and oxygen atoms in total. The van der Waals surface area contributed by atoms with E-state index in [1.54, 1.807) is 6.92 Å². The maximum atomic E-state index is 12.9. The number of aromatic nitrogens is 1. The Morgan fingerprint density at radius 3 is 2.65 bits per heavy atom. The summed E-state index contributed by atoms with van der Waals surface area (Å²) in [7, 11) is 1.11. The van der Waals surface area contributed by atoms with Crippen LogP contribution in [0.25, 0.3) is 0 Å². The molecule has 0 aliphatic heterocycles. The molecule has 0 fully saturated rings. The minimum Gasteiger partial charge on any atom is -0.492 e. The minimum atomic E-state index is -2.99. The predicted molar refractivity (Wildman–Crippen MR) is 62.7 cm³/mol. The number of carbonyl (C=O) groups is 1. The molecule has 9 heteroatoms. The molecule has 0 radical (unpaired) electrons. The van der Waals surface area contributed by atoms with Gasteiger partial charge in [-0.25, -0.2) is 8.78 Å². The van der Waals surface area contributed by atoms with Gasteiger partial charge in [-0.1, -0.05) is 0 Å². The van der Waals surface area contributed by atoms with E-state index in [-0.39, 0.29) is 18.1 Å². The van der Waals surface area contributed by atoms with Gasteiger partial charge in [-0.15, -0.1) is 0 Å². The quantitative estimate of drug-likeness (QED) is 0.452. The average Bonchev–Trinajstić information content (AvgIpc) is 2.37. The molecule has 0 aliphatic carbocycles. The molecule has 1 heterocycles. The Bertz CT molecular complexity index is 522. The summed E-state index contributed by atoms with van der Waals surface area (Å²) in [6.07, 6.45) is -3.48. The fraction of sp³-hybridized carbons (Fsp3) is 0.455. The second-order valence-electron chi connectivity index (χ2n) is 3.59. The first-order chi connectivity index (χ1) is 9.40. The number of ether oxygens (including phenoxy) is 2. The number of halogens is 2. The van der Waals surface area contributed by atoms with Gasteiger partial charge in [0.25, 0.3) is 6.43 Å². The molecule has 0 saturated carbocycles. The van der Waals surface area contributed by atoms with Gasteiger partial charge in [-0.2, -0.15) is 0 Å². The van der Waals surface area contributed by atoms with E-state index in [1.807, 2.05) is 0 Å². The summed E-state index contributed by atoms with van der Waals surface area (Å²) in [5, 5.41) is 10.7. The topological polar surface area (TPSA) is 91.6 Å². The molecule has 0 N–H and O–H groups in total. The van der Waals surface area contributed by atoms with Crippen LogP contribution in [0.4, 0.5) is 14.6 Å². The summed E-state index contributed by atoms with van der Waals surface area (Å²) in [5.74, 6) is -1.86. The van der Waals surface area contributed by atoms with Gasteiger partial charge in [0.15, 0.2) is 5.75 Å². The van der Waals surface area contributed by atoms with Crippen molar-refractivity contribution in [1.29, 1.82) is 0 Å². The van der Waals surface area contributed by atoms with Crippen molar-refractivity contribution < 1.29 is 28.0 Å². The van der Waals surface area contributed by atoms with Gasteiger partial charge in [-0.05, 0) is 16.8 Å². The van der Waals surface area contributed by atoms with Gasteiger partial charge in [0.2, 0.25) is 5.69 Å². The van der Waals surface area contributed by atoms with Crippen LogP contribution in [0.5, 0.6) is 5.75 Å². The zero-order valence-corrected chi connectivity index (χ0v) is 10.8. The fourth-order valence-electron chi connectivity index (χ4n) is 1.55. The van der Waals surface area contributed by atoms with Crippen LogP contribution in [0.1, 0.15) is 24.6 Å². The standard InChI is InChI=1S/C11H12F2N2O5/c1-3-20-9(16)5-7-10(19-2)6(11(12)13)4-8(14-7)15(17)18/h4,11H,3,5H2,1-2H3. The van der Waals surface area contributed by atoms with E-state index in [4.69, 9.17) is 4.74 Å². The molecular formula is C11H12F2N2O5. The molecule has 0 aromatic carbocycles. The summed E-state index contributed by atoms with van der Waals surface area (Å²) in [6.45, 7) is 1.67. The number of methoxy groups -OCH3 is 1. The average molecular weight is 290 g/mol. The molecule has 0 bridgehead atoms. The van der Waals surface area contributed by atoms with E-state index in [1.165, 1.54) is 0 Å². The van der Waals surface area contributed by atoms with Crippen LogP contribution in [0, 0.1) is 10.1 Å². The van der Waals surface area contributed by atoms with Gasteiger partial charge < -0.3 is 19.6 Å². The van der Waals surface area contributed by atoms with Crippen molar-refractivity contribution in [3.05, 3.63) is 27.4 Å². The lowest BCUT2D eigenvalue weighted by Crippen LogP contribution is -2.12. The molecule has 20 heavy (non-hydrogen) atoms. The highest BCUT2D eigenvalue weighted by Gasteiger charge is 2.28. The Morgan fingerprint density at radius 1 is 1.55 bits per heavy atom. The second kappa shape index (κ2) is 6.73. The van der Waals surface area contributed by atoms with Crippen LogP contribution in [-0.2, 0) is 16.0 Å². The SMILES string of the molecule is CCOC(=O)Cc1nc([N+](=O)[O-])cc(C(F)F)c1OC. The van der Waals surface area contributed by atoms with Crippen LogP contribution in [0.3, 0.4) is 0 Å². The monoisotopic (exact) mass is 290 g/mol. The van der Waals surface area contributed by atoms with E-state index in [9.17, 15) is 23.7 Å². The number of nitrogens with zero attached hydrogens (tertiary/aromatic N) is 2. The molecular weight excluding hydrogens is 278 g/mol. The maximum Gasteiger partial charge on any atom is 0.364 e. The first-order valence-corrected chi connectivity index (χ1v) is 5.56. The number of pyridine rings is 1. The third-order valence-electron chi connectivity index (χ3n) is 2.30. The number of hydrogen-bond acceptors (Lipinski definition) is 6. The van der Waals surface area contributed by atoms with Crippen molar-refractivity contribution in [3.63, 3.8) is 0 Å². The zero-order chi connectivity index (χ0) is 15.3. The van der Waals surface area contributed by atoms with Crippen molar-refractivity contribution >= 4 is 11.8 Å². The summed E-state index contributed by atoms with van der Waals surface area (Å²) in [5.41, 5.74) is -0.941. The van der Waals surface area contributed by atoms with Crippen LogP contribution >= 0.6 is 0 Å². The first kappa shape index (κ1) is 15.7. The molecule has 0 aliphatic rings. The van der Waals surface area contributed by atoms with E-state index in [0.29, 0.717) is 6.07 Å². The third kappa shape index (κ3) is 3.59. The van der Waals surface area contributed by atoms with Crippen molar-refractivity contribution in [1.82, 2.24) is 4.98 Å². The molecule has 1 rings (SSSR count). The smallest absolute Gasteiger partial charge is 0.364 e. The van der Waals surface area contributed by atoms with Crippen molar-refractivity contribution in [2.24, 2.45) is 0 Å². The van der Waals surface area contributed by atoms with E-state index in [0.717, 1.165) is 7.11 Å². The number of esters is 1. The lowest BCUT2D eigenvalue weighted by atomic mass is 10.1. The second-order valence-corrected chi connectivity index (χ2v) is 3.59. The van der Waals surface area contributed by atoms with Crippen molar-refractivity contribution in [2.45, 2.75) is 19.8 Å². The van der Waals surface area contributed by atoms with Crippen LogP contribution in [0.15, 0.2) is 6.07 Å². The largest absolute Gasteiger partial charge is 0.492 e. The molecule has 0 atom stereocenters. The molecule has 1 aromatic heterocycles. The Hall–Kier alpha value is -2.32. The lowest BCUT2D eigenvalue weighted by molar-refractivity contribution is -0.389. The number of carbonyl (C=O) groups excluding carboxylic acids is 1. The fourth-order valence-corrected chi connectivity index (χ4v) is 1.55. The molecule has 0 unspecified atom stereocenters. The number of alkyl halides is 2. The molecule has 0 spiro atoms. The van der Waals surface area contributed by atoms with E-state index in [2.05, 4.69) is 9.72 Å². The summed E-state index contributed by atoms with van der Waals surface area (Å²) >= 11 is 0. The number of hydrogen-bond donors (Lipinski definition) is 0. The Morgan fingerprint density at radius 2 is 2.20 bits per heavy atom. The highest BCUT2D eigenvalue weighted by molar-refractivity contribution is 5.73. The highest BCUT2D eigenvalue weighted by Crippen LogP contribution is 2.34. The normalized spacial score (nSPS) is 10.4. The maximum absolute atomic E-state index is 12.9. The Labute approximate surface area is 112 Å². The Kier molecular flexibility index (Phi) is 5.30. The lowest BCUT2D eigenvalue weighted by Gasteiger charge is -2.09. The van der Waals surface area contributed by atoms with Gasteiger partial charge in [0.1, 0.15) is 6.42 Å². The molecule has 0 saturated heterocycles. The van der Waals surface area contributed by atoms with Gasteiger partial charge in [0, 0.05) is 6.07 Å². The van der Waals surface area contributed by atoms with Crippen molar-refractivity contribution in [3.8, 4) is 5.75 Å². The minimum absolute atomic E-state index is 0.0950. The van der Waals surface area contributed by atoms with Crippen LogP contribution < -0.4 is 4.74 Å². The summed E-state index contributed by atoms with van der Waals surface area (Å²) in [6, 6.07) is 0.623. The molecule has 1 aromatic rings. The van der Waals surface area contributed by atoms with Gasteiger partial charge in [0.05, 0.1) is 19.3 Å². The highest BCUT2D eigenvalue weighted by atomic mass is 19.3. The summed E-state index contributed by atoms with van der Waals surface area (Å²) < 4.78 is 35.2. The van der Waals surface area contributed by atoms with Gasteiger partial charge in [-0.3, -0.25) is 4.79 Å². The predicted octanol–water partition coefficient (Wildman–Crippen LogP) is 2.04.